The Morgan fingerprint density at radius 3 is 2.24 bits per heavy atom. The van der Waals surface area contributed by atoms with Gasteiger partial charge >= 0.3 is 0 Å². The average molecular weight is 397 g/mol. The topological polar surface area (TPSA) is 58.6 Å². The van der Waals surface area contributed by atoms with Crippen LogP contribution >= 0.6 is 0 Å². The van der Waals surface area contributed by atoms with Crippen LogP contribution in [-0.2, 0) is 21.5 Å². The Kier molecular flexibility index (Phi) is 7.82. The zero-order valence-corrected chi connectivity index (χ0v) is 18.1. The third-order valence-corrected chi connectivity index (χ3v) is 4.87. The predicted octanol–water partition coefficient (Wildman–Crippen LogP) is 3.92. The van der Waals surface area contributed by atoms with Crippen molar-refractivity contribution in [3.05, 3.63) is 65.7 Å². The van der Waals surface area contributed by atoms with Crippen LogP contribution in [0.3, 0.4) is 0 Å². The first kappa shape index (κ1) is 22.5. The summed E-state index contributed by atoms with van der Waals surface area (Å²) in [5, 5.41) is 2.67. The largest absolute Gasteiger partial charge is 0.483 e. The fraction of sp³-hybridized carbons (Fsp3) is 0.417. The number of benzene rings is 2. The van der Waals surface area contributed by atoms with Crippen LogP contribution in [0.4, 0.5) is 0 Å². The van der Waals surface area contributed by atoms with E-state index in [0.29, 0.717) is 18.7 Å². The summed E-state index contributed by atoms with van der Waals surface area (Å²) in [7, 11) is 1.59. The molecule has 2 aromatic rings. The van der Waals surface area contributed by atoms with Crippen molar-refractivity contribution in [3.63, 3.8) is 0 Å². The summed E-state index contributed by atoms with van der Waals surface area (Å²) >= 11 is 0. The highest BCUT2D eigenvalue weighted by Crippen LogP contribution is 2.31. The van der Waals surface area contributed by atoms with Crippen molar-refractivity contribution in [2.75, 3.05) is 13.7 Å². The molecule has 0 aliphatic rings. The molecule has 29 heavy (non-hydrogen) atoms. The standard InChI is InChI=1S/C24H32N2O3/c1-6-20(23(28)25-5)26(16-18-12-8-7-9-13-18)22(27)17-29-21-15-11-10-14-19(21)24(2,3)4/h7-15,20H,6,16-17H2,1-5H3,(H,25,28). The second-order valence-corrected chi connectivity index (χ2v) is 8.08. The van der Waals surface area contributed by atoms with Gasteiger partial charge in [-0.2, -0.15) is 0 Å². The molecule has 0 saturated heterocycles. The van der Waals surface area contributed by atoms with Crippen molar-refractivity contribution in [1.82, 2.24) is 10.2 Å². The van der Waals surface area contributed by atoms with Crippen molar-refractivity contribution < 1.29 is 14.3 Å². The molecule has 5 nitrogen and oxygen atoms in total. The smallest absolute Gasteiger partial charge is 0.261 e. The molecular weight excluding hydrogens is 364 g/mol. The minimum Gasteiger partial charge on any atom is -0.483 e. The lowest BCUT2D eigenvalue weighted by Gasteiger charge is -2.30. The number of ether oxygens (including phenoxy) is 1. The lowest BCUT2D eigenvalue weighted by atomic mass is 9.86. The molecule has 0 fully saturated rings. The quantitative estimate of drug-likeness (QED) is 0.736. The van der Waals surface area contributed by atoms with E-state index >= 15 is 0 Å². The molecule has 2 aromatic carbocycles. The van der Waals surface area contributed by atoms with Crippen molar-refractivity contribution in [1.29, 1.82) is 0 Å². The molecular formula is C24H32N2O3. The summed E-state index contributed by atoms with van der Waals surface area (Å²) in [4.78, 5) is 27.1. The normalized spacial score (nSPS) is 12.2. The first-order valence-electron chi connectivity index (χ1n) is 10.0. The third kappa shape index (κ3) is 6.08. The lowest BCUT2D eigenvalue weighted by molar-refractivity contribution is -0.142. The molecule has 1 N–H and O–H groups in total. The van der Waals surface area contributed by atoms with Crippen molar-refractivity contribution in [3.8, 4) is 5.75 Å². The van der Waals surface area contributed by atoms with Gasteiger partial charge in [-0.15, -0.1) is 0 Å². The van der Waals surface area contributed by atoms with Crippen molar-refractivity contribution in [2.45, 2.75) is 52.1 Å². The Morgan fingerprint density at radius 1 is 1.03 bits per heavy atom. The van der Waals surface area contributed by atoms with E-state index in [2.05, 4.69) is 26.1 Å². The van der Waals surface area contributed by atoms with E-state index in [9.17, 15) is 9.59 Å². The Morgan fingerprint density at radius 2 is 1.66 bits per heavy atom. The maximum absolute atomic E-state index is 13.1. The number of nitrogens with zero attached hydrogens (tertiary/aromatic N) is 1. The molecule has 2 amide bonds. The maximum atomic E-state index is 13.1. The van der Waals surface area contributed by atoms with Crippen LogP contribution < -0.4 is 10.1 Å². The van der Waals surface area contributed by atoms with Gasteiger partial charge in [0.15, 0.2) is 6.61 Å². The van der Waals surface area contributed by atoms with Crippen LogP contribution in [0.25, 0.3) is 0 Å². The molecule has 0 saturated carbocycles. The molecule has 5 heteroatoms. The third-order valence-electron chi connectivity index (χ3n) is 4.87. The monoisotopic (exact) mass is 396 g/mol. The highest BCUT2D eigenvalue weighted by molar-refractivity contribution is 5.88. The van der Waals surface area contributed by atoms with Crippen LogP contribution in [0.15, 0.2) is 54.6 Å². The van der Waals surface area contributed by atoms with Gasteiger partial charge in [-0.1, -0.05) is 76.2 Å². The number of carbonyl (C=O) groups excluding carboxylic acids is 2. The number of amides is 2. The fourth-order valence-electron chi connectivity index (χ4n) is 3.30. The van der Waals surface area contributed by atoms with Crippen molar-refractivity contribution in [2.24, 2.45) is 0 Å². The molecule has 0 aromatic heterocycles. The molecule has 1 atom stereocenters. The van der Waals surface area contributed by atoms with E-state index < -0.39 is 6.04 Å². The first-order chi connectivity index (χ1) is 13.8. The molecule has 2 rings (SSSR count). The molecule has 0 bridgehead atoms. The Hall–Kier alpha value is -2.82. The fourth-order valence-corrected chi connectivity index (χ4v) is 3.30. The molecule has 0 aliphatic heterocycles. The van der Waals surface area contributed by atoms with Gasteiger partial charge in [-0.25, -0.2) is 0 Å². The van der Waals surface area contributed by atoms with Crippen LogP contribution in [0, 0.1) is 0 Å². The highest BCUT2D eigenvalue weighted by Gasteiger charge is 2.28. The number of nitrogens with one attached hydrogen (secondary N) is 1. The summed E-state index contributed by atoms with van der Waals surface area (Å²) in [6, 6.07) is 16.9. The lowest BCUT2D eigenvalue weighted by Crippen LogP contribution is -2.49. The molecule has 156 valence electrons. The Bertz CT molecular complexity index is 812. The summed E-state index contributed by atoms with van der Waals surface area (Å²) < 4.78 is 5.93. The number of rotatable bonds is 8. The molecule has 1 unspecified atom stereocenters. The van der Waals surface area contributed by atoms with E-state index in [1.807, 2.05) is 61.5 Å². The zero-order chi connectivity index (χ0) is 21.4. The van der Waals surface area contributed by atoms with E-state index in [1.54, 1.807) is 11.9 Å². The highest BCUT2D eigenvalue weighted by atomic mass is 16.5. The summed E-state index contributed by atoms with van der Waals surface area (Å²) in [5.41, 5.74) is 1.91. The first-order valence-corrected chi connectivity index (χ1v) is 10.0. The van der Waals surface area contributed by atoms with Crippen LogP contribution in [0.5, 0.6) is 5.75 Å². The zero-order valence-electron chi connectivity index (χ0n) is 18.1. The second kappa shape index (κ2) is 10.1. The van der Waals surface area contributed by atoms with Gasteiger partial charge in [0.25, 0.3) is 5.91 Å². The number of para-hydroxylation sites is 1. The van der Waals surface area contributed by atoms with Gasteiger partial charge < -0.3 is 15.0 Å². The Labute approximate surface area is 174 Å². The maximum Gasteiger partial charge on any atom is 0.261 e. The number of hydrogen-bond donors (Lipinski definition) is 1. The molecule has 0 aliphatic carbocycles. The van der Waals surface area contributed by atoms with Crippen molar-refractivity contribution >= 4 is 11.8 Å². The SMILES string of the molecule is CCC(C(=O)NC)N(Cc1ccccc1)C(=O)COc1ccccc1C(C)(C)C. The van der Waals surface area contributed by atoms with Gasteiger partial charge in [-0.05, 0) is 29.0 Å². The summed E-state index contributed by atoms with van der Waals surface area (Å²) in [6.45, 7) is 8.47. The van der Waals surface area contributed by atoms with Crippen LogP contribution in [0.1, 0.15) is 45.2 Å². The van der Waals surface area contributed by atoms with Crippen LogP contribution in [-0.4, -0.2) is 36.4 Å². The van der Waals surface area contributed by atoms with Crippen LogP contribution in [0.2, 0.25) is 0 Å². The van der Waals surface area contributed by atoms with Gasteiger partial charge in [-0.3, -0.25) is 9.59 Å². The summed E-state index contributed by atoms with van der Waals surface area (Å²) in [5.74, 6) is 0.306. The van der Waals surface area contributed by atoms with Gasteiger partial charge in [0, 0.05) is 13.6 Å². The Balaban J connectivity index is 2.22. The number of likely N-dealkylation sites (N-methyl/N-ethyl adjacent to an activating group) is 1. The van der Waals surface area contributed by atoms with E-state index in [4.69, 9.17) is 4.74 Å². The minimum atomic E-state index is -0.547. The van der Waals surface area contributed by atoms with Gasteiger partial charge in [0.05, 0.1) is 0 Å². The summed E-state index contributed by atoms with van der Waals surface area (Å²) in [6.07, 6.45) is 0.525. The minimum absolute atomic E-state index is 0.0998. The molecule has 0 heterocycles. The number of hydrogen-bond acceptors (Lipinski definition) is 3. The van der Waals surface area contributed by atoms with E-state index in [-0.39, 0.29) is 23.8 Å². The van der Waals surface area contributed by atoms with Gasteiger partial charge in [0.2, 0.25) is 5.91 Å². The second-order valence-electron chi connectivity index (χ2n) is 8.08. The molecule has 0 radical (unpaired) electrons. The predicted molar refractivity (Wildman–Crippen MR) is 116 cm³/mol. The number of carbonyl (C=O) groups is 2. The van der Waals surface area contributed by atoms with Gasteiger partial charge in [0.1, 0.15) is 11.8 Å². The van der Waals surface area contributed by atoms with E-state index in [0.717, 1.165) is 11.1 Å². The average Bonchev–Trinajstić information content (AvgIpc) is 2.71. The van der Waals surface area contributed by atoms with E-state index in [1.165, 1.54) is 0 Å². The molecule has 0 spiro atoms.